The van der Waals surface area contributed by atoms with E-state index in [2.05, 4.69) is 49.7 Å². The summed E-state index contributed by atoms with van der Waals surface area (Å²) in [4.78, 5) is 14.4. The van der Waals surface area contributed by atoms with Crippen LogP contribution < -0.4 is 5.84 Å². The van der Waals surface area contributed by atoms with Crippen LogP contribution >= 0.6 is 23.1 Å². The minimum atomic E-state index is -0.183. The van der Waals surface area contributed by atoms with Crippen molar-refractivity contribution < 1.29 is 4.74 Å². The number of aromatic nitrogens is 5. The maximum atomic E-state index is 6.32. The molecule has 0 aliphatic carbocycles. The quantitative estimate of drug-likeness (QED) is 0.496. The maximum absolute atomic E-state index is 6.32. The standard InChI is InChI=1S/C19H27N7OS2/c1-11-12(2)28-15-14(11)16(22-13(21-15)10-25-6-8-27-9-7-25)29-18-24-23-17(26(18)20)19(3,4)5/h6-10,20H2,1-5H3. The monoisotopic (exact) mass is 433 g/mol. The number of nitrogens with two attached hydrogens (primary N) is 1. The second-order valence-corrected chi connectivity index (χ2v) is 10.5. The average Bonchev–Trinajstić information content (AvgIpc) is 3.16. The molecule has 29 heavy (non-hydrogen) atoms. The summed E-state index contributed by atoms with van der Waals surface area (Å²) in [7, 11) is 0. The van der Waals surface area contributed by atoms with Crippen molar-refractivity contribution in [2.45, 2.75) is 56.8 Å². The number of rotatable bonds is 4. The van der Waals surface area contributed by atoms with Gasteiger partial charge in [-0.15, -0.1) is 21.5 Å². The molecule has 1 saturated heterocycles. The minimum Gasteiger partial charge on any atom is -0.379 e. The lowest BCUT2D eigenvalue weighted by Gasteiger charge is -2.25. The third-order valence-corrected chi connectivity index (χ3v) is 7.08. The molecule has 0 saturated carbocycles. The first-order chi connectivity index (χ1) is 13.7. The van der Waals surface area contributed by atoms with E-state index in [1.807, 2.05) is 0 Å². The normalized spacial score (nSPS) is 16.0. The Hall–Kier alpha value is -1.75. The molecule has 4 heterocycles. The highest BCUT2D eigenvalue weighted by Gasteiger charge is 2.25. The van der Waals surface area contributed by atoms with Crippen LogP contribution in [0.25, 0.3) is 10.2 Å². The zero-order valence-electron chi connectivity index (χ0n) is 17.5. The summed E-state index contributed by atoms with van der Waals surface area (Å²) in [5, 5.41) is 11.3. The van der Waals surface area contributed by atoms with Gasteiger partial charge in [0.2, 0.25) is 5.16 Å². The lowest BCUT2D eigenvalue weighted by molar-refractivity contribution is 0.0330. The van der Waals surface area contributed by atoms with Gasteiger partial charge in [0, 0.05) is 28.8 Å². The summed E-state index contributed by atoms with van der Waals surface area (Å²) >= 11 is 3.17. The molecule has 3 aromatic heterocycles. The van der Waals surface area contributed by atoms with Gasteiger partial charge in [-0.3, -0.25) is 4.90 Å². The van der Waals surface area contributed by atoms with Crippen LogP contribution in [0.3, 0.4) is 0 Å². The highest BCUT2D eigenvalue weighted by Crippen LogP contribution is 2.38. The first-order valence-electron chi connectivity index (χ1n) is 9.69. The second-order valence-electron chi connectivity index (χ2n) is 8.33. The summed E-state index contributed by atoms with van der Waals surface area (Å²) in [6.45, 7) is 14.5. The van der Waals surface area contributed by atoms with E-state index in [9.17, 15) is 0 Å². The van der Waals surface area contributed by atoms with E-state index in [0.29, 0.717) is 11.7 Å². The Kier molecular flexibility index (Phi) is 5.54. The van der Waals surface area contributed by atoms with Gasteiger partial charge in [-0.2, -0.15) is 0 Å². The van der Waals surface area contributed by atoms with Gasteiger partial charge in [0.15, 0.2) is 5.82 Å². The molecule has 0 spiro atoms. The highest BCUT2D eigenvalue weighted by molar-refractivity contribution is 7.99. The van der Waals surface area contributed by atoms with Gasteiger partial charge >= 0.3 is 0 Å². The zero-order chi connectivity index (χ0) is 20.8. The van der Waals surface area contributed by atoms with Crippen molar-refractivity contribution in [3.05, 3.63) is 22.1 Å². The number of nitrogens with zero attached hydrogens (tertiary/aromatic N) is 6. The molecule has 0 radical (unpaired) electrons. The Bertz CT molecular complexity index is 1030. The molecule has 1 fully saturated rings. The fraction of sp³-hybridized carbons (Fsp3) is 0.579. The molecule has 0 atom stereocenters. The fourth-order valence-electron chi connectivity index (χ4n) is 3.30. The fourth-order valence-corrected chi connectivity index (χ4v) is 5.36. The van der Waals surface area contributed by atoms with Gasteiger partial charge in [-0.1, -0.05) is 20.8 Å². The summed E-state index contributed by atoms with van der Waals surface area (Å²) in [6, 6.07) is 0. The molecule has 156 valence electrons. The second kappa shape index (κ2) is 7.82. The zero-order valence-corrected chi connectivity index (χ0v) is 19.2. The van der Waals surface area contributed by atoms with Crippen LogP contribution in [0.1, 0.15) is 42.9 Å². The van der Waals surface area contributed by atoms with Crippen molar-refractivity contribution in [2.75, 3.05) is 32.1 Å². The lowest BCUT2D eigenvalue weighted by atomic mass is 9.96. The summed E-state index contributed by atoms with van der Waals surface area (Å²) in [5.41, 5.74) is 1.03. The number of hydrogen-bond acceptors (Lipinski definition) is 9. The Morgan fingerprint density at radius 3 is 2.52 bits per heavy atom. The molecule has 0 amide bonds. The van der Waals surface area contributed by atoms with Crippen molar-refractivity contribution >= 4 is 33.3 Å². The van der Waals surface area contributed by atoms with Crippen LogP contribution in [0.4, 0.5) is 0 Å². The van der Waals surface area contributed by atoms with Gasteiger partial charge in [-0.25, -0.2) is 14.6 Å². The number of ether oxygens (including phenoxy) is 1. The molecule has 0 aromatic carbocycles. The van der Waals surface area contributed by atoms with E-state index >= 15 is 0 Å². The van der Waals surface area contributed by atoms with Crippen molar-refractivity contribution in [3.63, 3.8) is 0 Å². The number of morpholine rings is 1. The maximum Gasteiger partial charge on any atom is 0.216 e. The van der Waals surface area contributed by atoms with Crippen molar-refractivity contribution in [3.8, 4) is 0 Å². The summed E-state index contributed by atoms with van der Waals surface area (Å²) in [6.07, 6.45) is 0. The largest absolute Gasteiger partial charge is 0.379 e. The summed E-state index contributed by atoms with van der Waals surface area (Å²) in [5.74, 6) is 7.89. The number of nitrogen functional groups attached to an aromatic ring is 1. The van der Waals surface area contributed by atoms with E-state index in [1.165, 1.54) is 22.2 Å². The van der Waals surface area contributed by atoms with Gasteiger partial charge < -0.3 is 10.6 Å². The number of fused-ring (bicyclic) bond motifs is 1. The lowest BCUT2D eigenvalue weighted by Crippen LogP contribution is -2.36. The topological polar surface area (TPSA) is 95.0 Å². The van der Waals surface area contributed by atoms with E-state index in [0.717, 1.165) is 53.2 Å². The first kappa shape index (κ1) is 20.5. The van der Waals surface area contributed by atoms with E-state index in [4.69, 9.17) is 20.5 Å². The van der Waals surface area contributed by atoms with Gasteiger partial charge in [0.25, 0.3) is 0 Å². The molecule has 4 rings (SSSR count). The molecular weight excluding hydrogens is 406 g/mol. The predicted molar refractivity (Wildman–Crippen MR) is 116 cm³/mol. The Morgan fingerprint density at radius 1 is 1.14 bits per heavy atom. The van der Waals surface area contributed by atoms with Gasteiger partial charge in [0.1, 0.15) is 15.7 Å². The van der Waals surface area contributed by atoms with Gasteiger partial charge in [0.05, 0.1) is 19.8 Å². The smallest absolute Gasteiger partial charge is 0.216 e. The SMILES string of the molecule is Cc1sc2nc(CN3CCOCC3)nc(Sc3nnc(C(C)(C)C)n3N)c2c1C. The predicted octanol–water partition coefficient (Wildman–Crippen LogP) is 2.89. The number of aryl methyl sites for hydroxylation is 2. The molecule has 2 N–H and O–H groups in total. The average molecular weight is 434 g/mol. The van der Waals surface area contributed by atoms with Crippen LogP contribution in [0, 0.1) is 13.8 Å². The molecule has 10 heteroatoms. The van der Waals surface area contributed by atoms with Crippen LogP contribution in [0.5, 0.6) is 0 Å². The Labute approximate surface area is 178 Å². The first-order valence-corrected chi connectivity index (χ1v) is 11.3. The van der Waals surface area contributed by atoms with Crippen LogP contribution in [-0.2, 0) is 16.7 Å². The molecular formula is C19H27N7OS2. The third kappa shape index (κ3) is 4.11. The summed E-state index contributed by atoms with van der Waals surface area (Å²) < 4.78 is 7.03. The van der Waals surface area contributed by atoms with E-state index < -0.39 is 0 Å². The van der Waals surface area contributed by atoms with Crippen molar-refractivity contribution in [1.29, 1.82) is 0 Å². The van der Waals surface area contributed by atoms with Crippen molar-refractivity contribution in [1.82, 2.24) is 29.7 Å². The minimum absolute atomic E-state index is 0.183. The van der Waals surface area contributed by atoms with E-state index in [1.54, 1.807) is 16.0 Å². The highest BCUT2D eigenvalue weighted by atomic mass is 32.2. The van der Waals surface area contributed by atoms with Crippen LogP contribution in [0.15, 0.2) is 10.2 Å². The number of hydrogen-bond donors (Lipinski definition) is 1. The van der Waals surface area contributed by atoms with Crippen LogP contribution in [0.2, 0.25) is 0 Å². The van der Waals surface area contributed by atoms with Gasteiger partial charge in [-0.05, 0) is 31.2 Å². The van der Waals surface area contributed by atoms with E-state index in [-0.39, 0.29) is 5.41 Å². The Balaban J connectivity index is 1.73. The molecule has 0 unspecified atom stereocenters. The molecule has 3 aromatic rings. The molecule has 8 nitrogen and oxygen atoms in total. The molecule has 0 bridgehead atoms. The third-order valence-electron chi connectivity index (χ3n) is 5.03. The van der Waals surface area contributed by atoms with Crippen LogP contribution in [-0.4, -0.2) is 56.0 Å². The number of thiophene rings is 1. The van der Waals surface area contributed by atoms with Crippen molar-refractivity contribution in [2.24, 2.45) is 0 Å². The molecule has 1 aliphatic heterocycles. The Morgan fingerprint density at radius 2 is 1.86 bits per heavy atom. The molecule has 1 aliphatic rings.